The van der Waals surface area contributed by atoms with E-state index in [1.807, 2.05) is 0 Å². The number of amides is 2. The zero-order chi connectivity index (χ0) is 20.5. The molecule has 0 radical (unpaired) electrons. The topological polar surface area (TPSA) is 129 Å². The maximum atomic E-state index is 12.4. The highest BCUT2D eigenvalue weighted by molar-refractivity contribution is 6.01. The van der Waals surface area contributed by atoms with E-state index in [2.05, 4.69) is 10.9 Å². The average Bonchev–Trinajstić information content (AvgIpc) is 2.72. The first-order chi connectivity index (χ1) is 13.5. The SMILES string of the molecule is COCCOc1cc([N+](=O)[O-])c(C(=O)NNC(=O)c2ccccc2)cc1OC. The third-order valence-corrected chi connectivity index (χ3v) is 3.59. The zero-order valence-corrected chi connectivity index (χ0v) is 15.3. The molecule has 0 spiro atoms. The number of carbonyl (C=O) groups excluding carboxylic acids is 2. The summed E-state index contributed by atoms with van der Waals surface area (Å²) in [5.74, 6) is -1.22. The van der Waals surface area contributed by atoms with Crippen LogP contribution in [0.1, 0.15) is 20.7 Å². The second-order valence-corrected chi connectivity index (χ2v) is 5.39. The van der Waals surface area contributed by atoms with Crippen LogP contribution >= 0.6 is 0 Å². The van der Waals surface area contributed by atoms with Crippen molar-refractivity contribution in [3.8, 4) is 11.5 Å². The molecule has 2 rings (SSSR count). The molecule has 0 bridgehead atoms. The third kappa shape index (κ3) is 5.17. The molecule has 0 aromatic heterocycles. The molecule has 10 heteroatoms. The molecule has 10 nitrogen and oxygen atoms in total. The fourth-order valence-corrected chi connectivity index (χ4v) is 2.23. The van der Waals surface area contributed by atoms with Crippen LogP contribution in [-0.2, 0) is 4.74 Å². The standard InChI is InChI=1S/C18H19N3O7/c1-26-8-9-28-16-11-14(21(24)25)13(10-15(16)27-2)18(23)20-19-17(22)12-6-4-3-5-7-12/h3-7,10-11H,8-9H2,1-2H3,(H,19,22)(H,20,23). The fourth-order valence-electron chi connectivity index (χ4n) is 2.23. The molecule has 148 valence electrons. The van der Waals surface area contributed by atoms with Gasteiger partial charge in [-0.25, -0.2) is 0 Å². The van der Waals surface area contributed by atoms with Gasteiger partial charge in [0.25, 0.3) is 17.5 Å². The highest BCUT2D eigenvalue weighted by Gasteiger charge is 2.25. The lowest BCUT2D eigenvalue weighted by Crippen LogP contribution is -2.41. The lowest BCUT2D eigenvalue weighted by molar-refractivity contribution is -0.385. The minimum absolute atomic E-state index is 0.0936. The van der Waals surface area contributed by atoms with Crippen molar-refractivity contribution in [2.24, 2.45) is 0 Å². The molecule has 0 saturated carbocycles. The summed E-state index contributed by atoms with van der Waals surface area (Å²) in [7, 11) is 2.82. The monoisotopic (exact) mass is 389 g/mol. The number of nitrogens with one attached hydrogen (secondary N) is 2. The zero-order valence-electron chi connectivity index (χ0n) is 15.3. The van der Waals surface area contributed by atoms with Crippen molar-refractivity contribution < 1.29 is 28.7 Å². The van der Waals surface area contributed by atoms with Crippen molar-refractivity contribution in [1.82, 2.24) is 10.9 Å². The van der Waals surface area contributed by atoms with Gasteiger partial charge in [0, 0.05) is 18.7 Å². The van der Waals surface area contributed by atoms with E-state index in [0.717, 1.165) is 6.07 Å². The Bertz CT molecular complexity index is 856. The molecule has 0 atom stereocenters. The highest BCUT2D eigenvalue weighted by atomic mass is 16.6. The summed E-state index contributed by atoms with van der Waals surface area (Å²) in [6.07, 6.45) is 0. The van der Waals surface area contributed by atoms with Gasteiger partial charge in [-0.3, -0.25) is 30.6 Å². The van der Waals surface area contributed by atoms with E-state index in [1.165, 1.54) is 20.3 Å². The van der Waals surface area contributed by atoms with Gasteiger partial charge in [0.1, 0.15) is 12.2 Å². The number of nitrogens with zero attached hydrogens (tertiary/aromatic N) is 1. The van der Waals surface area contributed by atoms with Crippen molar-refractivity contribution >= 4 is 17.5 Å². The van der Waals surface area contributed by atoms with Crippen molar-refractivity contribution in [3.05, 3.63) is 63.7 Å². The first-order valence-corrected chi connectivity index (χ1v) is 8.11. The van der Waals surface area contributed by atoms with Crippen molar-refractivity contribution in [1.29, 1.82) is 0 Å². The normalized spacial score (nSPS) is 10.1. The largest absolute Gasteiger partial charge is 0.493 e. The van der Waals surface area contributed by atoms with E-state index >= 15 is 0 Å². The van der Waals surface area contributed by atoms with E-state index in [1.54, 1.807) is 30.3 Å². The molecule has 2 N–H and O–H groups in total. The summed E-state index contributed by atoms with van der Waals surface area (Å²) >= 11 is 0. The van der Waals surface area contributed by atoms with Gasteiger partial charge in [-0.15, -0.1) is 0 Å². The van der Waals surface area contributed by atoms with E-state index in [0.29, 0.717) is 5.56 Å². The summed E-state index contributed by atoms with van der Waals surface area (Å²) in [4.78, 5) is 35.1. The van der Waals surface area contributed by atoms with E-state index in [-0.39, 0.29) is 30.3 Å². The summed E-state index contributed by atoms with van der Waals surface area (Å²) in [6.45, 7) is 0.410. The molecule has 0 fully saturated rings. The first kappa shape index (κ1) is 20.6. The number of nitro benzene ring substituents is 1. The summed E-state index contributed by atoms with van der Waals surface area (Å²) < 4.78 is 15.4. The Labute approximate surface area is 160 Å². The number of methoxy groups -OCH3 is 2. The van der Waals surface area contributed by atoms with E-state index in [4.69, 9.17) is 14.2 Å². The Morgan fingerprint density at radius 2 is 1.68 bits per heavy atom. The number of benzene rings is 2. The number of nitro groups is 1. The Hall–Kier alpha value is -3.66. The molecule has 0 unspecified atom stereocenters. The first-order valence-electron chi connectivity index (χ1n) is 8.11. The molecule has 2 aromatic rings. The van der Waals surface area contributed by atoms with Crippen LogP contribution in [0.25, 0.3) is 0 Å². The molecule has 0 aliphatic carbocycles. The van der Waals surface area contributed by atoms with Crippen LogP contribution in [0.4, 0.5) is 5.69 Å². The number of hydrogen-bond donors (Lipinski definition) is 2. The Kier molecular flexibility index (Phi) is 7.28. The van der Waals surface area contributed by atoms with Gasteiger partial charge >= 0.3 is 0 Å². The molecular weight excluding hydrogens is 370 g/mol. The quantitative estimate of drug-likeness (QED) is 0.399. The van der Waals surface area contributed by atoms with Crippen LogP contribution in [0.2, 0.25) is 0 Å². The van der Waals surface area contributed by atoms with Crippen LogP contribution in [0.15, 0.2) is 42.5 Å². The van der Waals surface area contributed by atoms with Crippen molar-refractivity contribution in [2.45, 2.75) is 0 Å². The van der Waals surface area contributed by atoms with Crippen LogP contribution < -0.4 is 20.3 Å². The van der Waals surface area contributed by atoms with Gasteiger partial charge < -0.3 is 14.2 Å². The second kappa shape index (κ2) is 9.88. The molecule has 0 aliphatic heterocycles. The van der Waals surface area contributed by atoms with Crippen LogP contribution in [0, 0.1) is 10.1 Å². The van der Waals surface area contributed by atoms with E-state index < -0.39 is 22.4 Å². The van der Waals surface area contributed by atoms with Crippen LogP contribution in [0.5, 0.6) is 11.5 Å². The maximum absolute atomic E-state index is 12.4. The van der Waals surface area contributed by atoms with Crippen molar-refractivity contribution in [3.63, 3.8) is 0 Å². The number of ether oxygens (including phenoxy) is 3. The maximum Gasteiger partial charge on any atom is 0.286 e. The van der Waals surface area contributed by atoms with Gasteiger partial charge in [-0.1, -0.05) is 18.2 Å². The Morgan fingerprint density at radius 3 is 2.29 bits per heavy atom. The predicted molar refractivity (Wildman–Crippen MR) is 98.4 cm³/mol. The Balaban J connectivity index is 2.21. The van der Waals surface area contributed by atoms with Crippen LogP contribution in [-0.4, -0.2) is 44.2 Å². The summed E-state index contributed by atoms with van der Waals surface area (Å²) in [5, 5.41) is 11.4. The minimum Gasteiger partial charge on any atom is -0.493 e. The van der Waals surface area contributed by atoms with Gasteiger partial charge in [0.05, 0.1) is 24.7 Å². The number of hydrogen-bond acceptors (Lipinski definition) is 7. The Morgan fingerprint density at radius 1 is 1.00 bits per heavy atom. The number of hydrazine groups is 1. The highest BCUT2D eigenvalue weighted by Crippen LogP contribution is 2.34. The summed E-state index contributed by atoms with van der Waals surface area (Å²) in [5.41, 5.74) is 3.88. The molecule has 0 saturated heterocycles. The predicted octanol–water partition coefficient (Wildman–Crippen LogP) is 1.70. The lowest BCUT2D eigenvalue weighted by Gasteiger charge is -2.13. The number of carbonyl (C=O) groups is 2. The second-order valence-electron chi connectivity index (χ2n) is 5.39. The molecular formula is C18H19N3O7. The van der Waals surface area contributed by atoms with Gasteiger partial charge in [-0.2, -0.15) is 0 Å². The smallest absolute Gasteiger partial charge is 0.286 e. The van der Waals surface area contributed by atoms with Gasteiger partial charge in [0.15, 0.2) is 11.5 Å². The van der Waals surface area contributed by atoms with E-state index in [9.17, 15) is 19.7 Å². The average molecular weight is 389 g/mol. The minimum atomic E-state index is -0.877. The van der Waals surface area contributed by atoms with Gasteiger partial charge in [-0.05, 0) is 12.1 Å². The molecule has 28 heavy (non-hydrogen) atoms. The summed E-state index contributed by atoms with van der Waals surface area (Å²) in [6, 6.07) is 10.4. The fraction of sp³-hybridized carbons (Fsp3) is 0.222. The van der Waals surface area contributed by atoms with Crippen LogP contribution in [0.3, 0.4) is 0 Å². The lowest BCUT2D eigenvalue weighted by atomic mass is 10.1. The molecule has 0 aliphatic rings. The molecule has 2 amide bonds. The number of rotatable bonds is 8. The van der Waals surface area contributed by atoms with Crippen molar-refractivity contribution in [2.75, 3.05) is 27.4 Å². The third-order valence-electron chi connectivity index (χ3n) is 3.59. The molecule has 0 heterocycles. The van der Waals surface area contributed by atoms with Gasteiger partial charge in [0.2, 0.25) is 0 Å². The molecule has 2 aromatic carbocycles.